The van der Waals surface area contributed by atoms with Crippen molar-refractivity contribution in [1.29, 1.82) is 0 Å². The third kappa shape index (κ3) is 2.63. The quantitative estimate of drug-likeness (QED) is 0.867. The van der Waals surface area contributed by atoms with E-state index in [9.17, 15) is 0 Å². The van der Waals surface area contributed by atoms with Crippen molar-refractivity contribution in [2.75, 3.05) is 18.0 Å². The van der Waals surface area contributed by atoms with E-state index in [0.29, 0.717) is 0 Å². The van der Waals surface area contributed by atoms with Crippen LogP contribution in [0.25, 0.3) is 0 Å². The molecule has 94 valence electrons. The molecule has 1 aromatic carbocycles. The monoisotopic (exact) mass is 232 g/mol. The minimum atomic E-state index is 0.181. The molecule has 17 heavy (non-hydrogen) atoms. The molecule has 0 amide bonds. The molecule has 1 saturated heterocycles. The van der Waals surface area contributed by atoms with Gasteiger partial charge >= 0.3 is 0 Å². The Labute approximate surface area is 105 Å². The molecule has 0 aliphatic carbocycles. The highest BCUT2D eigenvalue weighted by Gasteiger charge is 2.25. The van der Waals surface area contributed by atoms with E-state index in [1.165, 1.54) is 24.3 Å². The van der Waals surface area contributed by atoms with Crippen molar-refractivity contribution < 1.29 is 0 Å². The lowest BCUT2D eigenvalue weighted by Crippen LogP contribution is -2.19. The molecule has 3 atom stereocenters. The van der Waals surface area contributed by atoms with Gasteiger partial charge in [-0.05, 0) is 36.0 Å². The molecular formula is C15H24N2. The Balaban J connectivity index is 2.08. The second kappa shape index (κ2) is 5.09. The Morgan fingerprint density at radius 2 is 1.71 bits per heavy atom. The zero-order chi connectivity index (χ0) is 12.4. The number of nitrogens with two attached hydrogens (primary N) is 1. The largest absolute Gasteiger partial charge is 0.371 e. The number of benzene rings is 1. The summed E-state index contributed by atoms with van der Waals surface area (Å²) < 4.78 is 0. The summed E-state index contributed by atoms with van der Waals surface area (Å²) in [4.78, 5) is 2.48. The van der Waals surface area contributed by atoms with E-state index in [2.05, 4.69) is 49.9 Å². The smallest absolute Gasteiger partial charge is 0.0366 e. The average molecular weight is 232 g/mol. The Kier molecular flexibility index (Phi) is 3.72. The second-order valence-electron chi connectivity index (χ2n) is 5.47. The molecule has 1 heterocycles. The van der Waals surface area contributed by atoms with Crippen LogP contribution in [0.2, 0.25) is 0 Å². The summed E-state index contributed by atoms with van der Waals surface area (Å²) in [6.45, 7) is 9.17. The molecule has 2 rings (SSSR count). The van der Waals surface area contributed by atoms with E-state index < -0.39 is 0 Å². The molecule has 2 nitrogen and oxygen atoms in total. The first-order chi connectivity index (χ1) is 8.11. The Morgan fingerprint density at radius 3 is 2.18 bits per heavy atom. The normalized spacial score (nSPS) is 26.2. The van der Waals surface area contributed by atoms with Gasteiger partial charge in [0.2, 0.25) is 0 Å². The first-order valence-corrected chi connectivity index (χ1v) is 6.72. The van der Waals surface area contributed by atoms with Gasteiger partial charge in [0.15, 0.2) is 0 Å². The lowest BCUT2D eigenvalue weighted by Gasteiger charge is -2.19. The Bertz CT molecular complexity index is 348. The summed E-state index contributed by atoms with van der Waals surface area (Å²) in [7, 11) is 0. The Hall–Kier alpha value is -1.02. The standard InChI is InChI=1S/C15H24N2/c1-4-15(16)13-5-7-14(8-6-13)17-9-11(2)12(3)10-17/h5-8,11-12,15H,4,9-10,16H2,1-3H3. The van der Waals surface area contributed by atoms with Gasteiger partial charge in [0.25, 0.3) is 0 Å². The molecule has 1 aromatic rings. The first kappa shape index (κ1) is 12.4. The van der Waals surface area contributed by atoms with Crippen molar-refractivity contribution in [2.45, 2.75) is 33.2 Å². The minimum absolute atomic E-state index is 0.181. The number of anilines is 1. The summed E-state index contributed by atoms with van der Waals surface area (Å²) in [5, 5.41) is 0. The SMILES string of the molecule is CCC(N)c1ccc(N2CC(C)C(C)C2)cc1. The molecule has 3 unspecified atom stereocenters. The summed E-state index contributed by atoms with van der Waals surface area (Å²) >= 11 is 0. The molecule has 0 spiro atoms. The molecule has 1 aliphatic heterocycles. The van der Waals surface area contributed by atoms with Crippen LogP contribution in [-0.4, -0.2) is 13.1 Å². The number of hydrogen-bond donors (Lipinski definition) is 1. The maximum Gasteiger partial charge on any atom is 0.0366 e. The highest BCUT2D eigenvalue weighted by Crippen LogP contribution is 2.28. The lowest BCUT2D eigenvalue weighted by atomic mass is 10.0. The fourth-order valence-electron chi connectivity index (χ4n) is 2.51. The van der Waals surface area contributed by atoms with Gasteiger partial charge in [0.1, 0.15) is 0 Å². The third-order valence-electron chi connectivity index (χ3n) is 4.11. The van der Waals surface area contributed by atoms with Crippen molar-refractivity contribution in [2.24, 2.45) is 17.6 Å². The minimum Gasteiger partial charge on any atom is -0.371 e. The van der Waals surface area contributed by atoms with Crippen molar-refractivity contribution >= 4 is 5.69 Å². The zero-order valence-electron chi connectivity index (χ0n) is 11.2. The van der Waals surface area contributed by atoms with Gasteiger partial charge in [0.05, 0.1) is 0 Å². The van der Waals surface area contributed by atoms with E-state index >= 15 is 0 Å². The van der Waals surface area contributed by atoms with Crippen LogP contribution >= 0.6 is 0 Å². The molecule has 2 N–H and O–H groups in total. The average Bonchev–Trinajstić information content (AvgIpc) is 2.69. The summed E-state index contributed by atoms with van der Waals surface area (Å²) in [5.41, 5.74) is 8.62. The topological polar surface area (TPSA) is 29.3 Å². The van der Waals surface area contributed by atoms with Gasteiger partial charge in [-0.25, -0.2) is 0 Å². The highest BCUT2D eigenvalue weighted by molar-refractivity contribution is 5.49. The third-order valence-corrected chi connectivity index (χ3v) is 4.11. The lowest BCUT2D eigenvalue weighted by molar-refractivity contribution is 0.494. The van der Waals surface area contributed by atoms with E-state index in [0.717, 1.165) is 18.3 Å². The molecule has 0 saturated carbocycles. The fraction of sp³-hybridized carbons (Fsp3) is 0.600. The fourth-order valence-corrected chi connectivity index (χ4v) is 2.51. The van der Waals surface area contributed by atoms with Crippen molar-refractivity contribution in [3.63, 3.8) is 0 Å². The van der Waals surface area contributed by atoms with Gasteiger partial charge in [0, 0.05) is 24.8 Å². The molecule has 2 heteroatoms. The Morgan fingerprint density at radius 1 is 1.18 bits per heavy atom. The van der Waals surface area contributed by atoms with Crippen LogP contribution in [0.1, 0.15) is 38.8 Å². The van der Waals surface area contributed by atoms with Crippen molar-refractivity contribution in [3.05, 3.63) is 29.8 Å². The number of nitrogens with zero attached hydrogens (tertiary/aromatic N) is 1. The molecule has 0 radical (unpaired) electrons. The summed E-state index contributed by atoms with van der Waals surface area (Å²) in [5.74, 6) is 1.60. The summed E-state index contributed by atoms with van der Waals surface area (Å²) in [6, 6.07) is 8.97. The molecule has 1 fully saturated rings. The molecule has 0 aromatic heterocycles. The maximum absolute atomic E-state index is 6.03. The van der Waals surface area contributed by atoms with Gasteiger partial charge in [-0.1, -0.05) is 32.9 Å². The summed E-state index contributed by atoms with van der Waals surface area (Å²) in [6.07, 6.45) is 0.997. The first-order valence-electron chi connectivity index (χ1n) is 6.72. The second-order valence-corrected chi connectivity index (χ2v) is 5.47. The maximum atomic E-state index is 6.03. The van der Waals surface area contributed by atoms with Crippen LogP contribution in [0.5, 0.6) is 0 Å². The molecule has 0 bridgehead atoms. The van der Waals surface area contributed by atoms with Gasteiger partial charge in [-0.2, -0.15) is 0 Å². The molecule has 1 aliphatic rings. The van der Waals surface area contributed by atoms with Gasteiger partial charge in [-0.15, -0.1) is 0 Å². The van der Waals surface area contributed by atoms with Crippen LogP contribution in [0.3, 0.4) is 0 Å². The molecular weight excluding hydrogens is 208 g/mol. The van der Waals surface area contributed by atoms with Crippen LogP contribution in [0, 0.1) is 11.8 Å². The van der Waals surface area contributed by atoms with Crippen LogP contribution < -0.4 is 10.6 Å². The number of rotatable bonds is 3. The van der Waals surface area contributed by atoms with Gasteiger partial charge < -0.3 is 10.6 Å². The van der Waals surface area contributed by atoms with E-state index in [-0.39, 0.29) is 6.04 Å². The van der Waals surface area contributed by atoms with Crippen LogP contribution in [0.4, 0.5) is 5.69 Å². The zero-order valence-corrected chi connectivity index (χ0v) is 11.2. The predicted molar refractivity (Wildman–Crippen MR) is 74.2 cm³/mol. The van der Waals surface area contributed by atoms with E-state index in [1.54, 1.807) is 0 Å². The van der Waals surface area contributed by atoms with E-state index in [1.807, 2.05) is 0 Å². The van der Waals surface area contributed by atoms with Crippen LogP contribution in [-0.2, 0) is 0 Å². The highest BCUT2D eigenvalue weighted by atomic mass is 15.2. The predicted octanol–water partition coefficient (Wildman–Crippen LogP) is 3.19. The van der Waals surface area contributed by atoms with Crippen LogP contribution in [0.15, 0.2) is 24.3 Å². The van der Waals surface area contributed by atoms with Crippen molar-refractivity contribution in [3.8, 4) is 0 Å². The van der Waals surface area contributed by atoms with Gasteiger partial charge in [-0.3, -0.25) is 0 Å². The number of hydrogen-bond acceptors (Lipinski definition) is 2. The van der Waals surface area contributed by atoms with Crippen molar-refractivity contribution in [1.82, 2.24) is 0 Å². The van der Waals surface area contributed by atoms with E-state index in [4.69, 9.17) is 5.73 Å².